The van der Waals surface area contributed by atoms with Gasteiger partial charge < -0.3 is 10.4 Å². The van der Waals surface area contributed by atoms with Crippen LogP contribution in [0.15, 0.2) is 36.4 Å². The lowest BCUT2D eigenvalue weighted by Crippen LogP contribution is -2.46. The van der Waals surface area contributed by atoms with Crippen LogP contribution >= 0.6 is 0 Å². The number of aryl methyl sites for hydroxylation is 1. The maximum atomic E-state index is 9.92. The fourth-order valence-electron chi connectivity index (χ4n) is 3.47. The van der Waals surface area contributed by atoms with E-state index < -0.39 is 0 Å². The Morgan fingerprint density at radius 1 is 1.26 bits per heavy atom. The smallest absolute Gasteiger partial charge is 0.0675 e. The molecular formula is C17H23NO. The maximum Gasteiger partial charge on any atom is 0.0675 e. The highest BCUT2D eigenvalue weighted by atomic mass is 16.3. The average Bonchev–Trinajstić information content (AvgIpc) is 2.86. The van der Waals surface area contributed by atoms with Crippen molar-refractivity contribution in [2.24, 2.45) is 5.92 Å². The third kappa shape index (κ3) is 2.47. The van der Waals surface area contributed by atoms with Crippen LogP contribution in [0.2, 0.25) is 0 Å². The van der Waals surface area contributed by atoms with E-state index in [0.29, 0.717) is 0 Å². The zero-order valence-corrected chi connectivity index (χ0v) is 11.4. The molecule has 0 saturated carbocycles. The van der Waals surface area contributed by atoms with E-state index in [9.17, 15) is 5.11 Å². The molecule has 0 bridgehead atoms. The molecule has 2 aliphatic carbocycles. The number of benzene rings is 1. The van der Waals surface area contributed by atoms with E-state index in [1.54, 1.807) is 0 Å². The minimum atomic E-state index is -0.197. The normalized spacial score (nSPS) is 29.4. The van der Waals surface area contributed by atoms with E-state index in [1.807, 2.05) is 0 Å². The van der Waals surface area contributed by atoms with Crippen LogP contribution in [0.4, 0.5) is 0 Å². The molecule has 0 radical (unpaired) electrons. The van der Waals surface area contributed by atoms with Gasteiger partial charge in [-0.15, -0.1) is 0 Å². The second kappa shape index (κ2) is 5.48. The summed E-state index contributed by atoms with van der Waals surface area (Å²) in [5.74, 6) is 0.723. The van der Waals surface area contributed by atoms with Crippen LogP contribution < -0.4 is 5.32 Å². The molecule has 102 valence electrons. The number of allylic oxidation sites excluding steroid dienone is 2. The number of hydrogen-bond acceptors (Lipinski definition) is 2. The first kappa shape index (κ1) is 12.9. The highest BCUT2D eigenvalue weighted by Gasteiger charge is 2.37. The van der Waals surface area contributed by atoms with Gasteiger partial charge in [0.1, 0.15) is 0 Å². The van der Waals surface area contributed by atoms with E-state index >= 15 is 0 Å². The summed E-state index contributed by atoms with van der Waals surface area (Å²) in [5, 5.41) is 13.6. The average molecular weight is 257 g/mol. The molecular weight excluding hydrogens is 234 g/mol. The molecule has 0 aliphatic heterocycles. The molecule has 0 heterocycles. The summed E-state index contributed by atoms with van der Waals surface area (Å²) in [6.45, 7) is 1.21. The molecule has 1 aromatic carbocycles. The van der Waals surface area contributed by atoms with E-state index in [4.69, 9.17) is 0 Å². The molecule has 0 spiro atoms. The monoisotopic (exact) mass is 257 g/mol. The first-order valence-corrected chi connectivity index (χ1v) is 7.43. The molecule has 0 aromatic heterocycles. The van der Waals surface area contributed by atoms with Gasteiger partial charge in [0.2, 0.25) is 0 Å². The summed E-state index contributed by atoms with van der Waals surface area (Å²) >= 11 is 0. The Morgan fingerprint density at radius 2 is 2.16 bits per heavy atom. The Balaban J connectivity index is 1.72. The molecule has 2 unspecified atom stereocenters. The van der Waals surface area contributed by atoms with E-state index in [1.165, 1.54) is 30.4 Å². The first-order chi connectivity index (χ1) is 9.34. The van der Waals surface area contributed by atoms with Crippen molar-refractivity contribution < 1.29 is 5.11 Å². The second-order valence-electron chi connectivity index (χ2n) is 5.93. The summed E-state index contributed by atoms with van der Waals surface area (Å²) in [6.07, 6.45) is 10.3. The molecule has 0 fully saturated rings. The Kier molecular flexibility index (Phi) is 3.72. The van der Waals surface area contributed by atoms with E-state index in [2.05, 4.69) is 41.7 Å². The van der Waals surface area contributed by atoms with E-state index in [0.717, 1.165) is 25.3 Å². The van der Waals surface area contributed by atoms with Crippen LogP contribution in [-0.4, -0.2) is 18.3 Å². The number of rotatable bonds is 4. The molecule has 2 atom stereocenters. The van der Waals surface area contributed by atoms with Crippen molar-refractivity contribution in [1.82, 2.24) is 5.32 Å². The number of aliphatic hydroxyl groups excluding tert-OH is 1. The maximum absolute atomic E-state index is 9.92. The molecule has 2 aliphatic rings. The van der Waals surface area contributed by atoms with Crippen LogP contribution in [0.3, 0.4) is 0 Å². The van der Waals surface area contributed by atoms with Gasteiger partial charge in [-0.3, -0.25) is 0 Å². The zero-order chi connectivity index (χ0) is 13.1. The predicted molar refractivity (Wildman–Crippen MR) is 78.0 cm³/mol. The van der Waals surface area contributed by atoms with Crippen molar-refractivity contribution in [3.8, 4) is 0 Å². The minimum absolute atomic E-state index is 0.197. The van der Waals surface area contributed by atoms with Crippen molar-refractivity contribution in [3.05, 3.63) is 47.5 Å². The van der Waals surface area contributed by atoms with Crippen LogP contribution in [0.1, 0.15) is 36.8 Å². The summed E-state index contributed by atoms with van der Waals surface area (Å²) in [5.41, 5.74) is 2.51. The van der Waals surface area contributed by atoms with Gasteiger partial charge in [-0.25, -0.2) is 0 Å². The molecule has 2 N–H and O–H groups in total. The lowest BCUT2D eigenvalue weighted by molar-refractivity contribution is 0.153. The van der Waals surface area contributed by atoms with Crippen LogP contribution in [-0.2, 0) is 12.0 Å². The van der Waals surface area contributed by atoms with Gasteiger partial charge in [-0.2, -0.15) is 0 Å². The van der Waals surface area contributed by atoms with Gasteiger partial charge in [0.25, 0.3) is 0 Å². The summed E-state index contributed by atoms with van der Waals surface area (Å²) in [7, 11) is 0. The molecule has 1 aromatic rings. The van der Waals surface area contributed by atoms with E-state index in [-0.39, 0.29) is 12.1 Å². The van der Waals surface area contributed by atoms with Crippen molar-refractivity contribution in [2.45, 2.75) is 37.6 Å². The van der Waals surface area contributed by atoms with Gasteiger partial charge in [0.15, 0.2) is 0 Å². The Hall–Kier alpha value is -1.12. The number of nitrogens with one attached hydrogen (secondary N) is 1. The summed E-state index contributed by atoms with van der Waals surface area (Å²) in [6, 6.07) is 8.54. The summed E-state index contributed by atoms with van der Waals surface area (Å²) in [4.78, 5) is 0. The molecule has 0 amide bonds. The Labute approximate surface area is 115 Å². The van der Waals surface area contributed by atoms with Gasteiger partial charge in [0.05, 0.1) is 12.1 Å². The van der Waals surface area contributed by atoms with Crippen molar-refractivity contribution in [2.75, 3.05) is 13.2 Å². The molecule has 19 heavy (non-hydrogen) atoms. The third-order valence-corrected chi connectivity index (χ3v) is 4.73. The Bertz CT molecular complexity index is 468. The Morgan fingerprint density at radius 3 is 2.95 bits per heavy atom. The zero-order valence-electron chi connectivity index (χ0n) is 11.4. The number of hydrogen-bond donors (Lipinski definition) is 2. The lowest BCUT2D eigenvalue weighted by atomic mass is 9.89. The summed E-state index contributed by atoms with van der Waals surface area (Å²) < 4.78 is 0. The van der Waals surface area contributed by atoms with Crippen LogP contribution in [0.25, 0.3) is 0 Å². The van der Waals surface area contributed by atoms with Gasteiger partial charge in [-0.05, 0) is 55.7 Å². The predicted octanol–water partition coefficient (Wildman–Crippen LogP) is 2.77. The lowest BCUT2D eigenvalue weighted by Gasteiger charge is -2.32. The van der Waals surface area contributed by atoms with Crippen molar-refractivity contribution >= 4 is 0 Å². The molecule has 2 heteroatoms. The minimum Gasteiger partial charge on any atom is -0.394 e. The van der Waals surface area contributed by atoms with Crippen molar-refractivity contribution in [1.29, 1.82) is 0 Å². The molecule has 2 nitrogen and oxygen atoms in total. The quantitative estimate of drug-likeness (QED) is 0.813. The topological polar surface area (TPSA) is 32.3 Å². The highest BCUT2D eigenvalue weighted by Crippen LogP contribution is 2.36. The number of fused-ring (bicyclic) bond motifs is 1. The highest BCUT2D eigenvalue weighted by molar-refractivity contribution is 5.38. The van der Waals surface area contributed by atoms with Gasteiger partial charge >= 0.3 is 0 Å². The molecule has 3 rings (SSSR count). The van der Waals surface area contributed by atoms with Crippen LogP contribution in [0.5, 0.6) is 0 Å². The first-order valence-electron chi connectivity index (χ1n) is 7.43. The SMILES string of the molecule is OCC1(NCC2CC=CCC2)CCc2ccccc21. The van der Waals surface area contributed by atoms with Gasteiger partial charge in [0, 0.05) is 0 Å². The van der Waals surface area contributed by atoms with Crippen molar-refractivity contribution in [3.63, 3.8) is 0 Å². The standard InChI is InChI=1S/C17H23NO/c19-13-17(18-12-14-6-2-1-3-7-14)11-10-15-8-4-5-9-16(15)17/h1-2,4-5,8-9,14,18-19H,3,6-7,10-13H2. The largest absolute Gasteiger partial charge is 0.394 e. The second-order valence-corrected chi connectivity index (χ2v) is 5.93. The third-order valence-electron chi connectivity index (χ3n) is 4.73. The fraction of sp³-hybridized carbons (Fsp3) is 0.529. The number of aliphatic hydroxyl groups is 1. The fourth-order valence-corrected chi connectivity index (χ4v) is 3.47. The molecule has 0 saturated heterocycles. The van der Waals surface area contributed by atoms with Gasteiger partial charge in [-0.1, -0.05) is 36.4 Å². The van der Waals surface area contributed by atoms with Crippen LogP contribution in [0, 0.1) is 5.92 Å².